The Morgan fingerprint density at radius 2 is 0.585 bits per heavy atom. The van der Waals surface area contributed by atoms with Gasteiger partial charge in [-0.05, 0) is 0 Å². The number of hydrogen-bond donors (Lipinski definition) is 0. The van der Waals surface area contributed by atoms with Crippen molar-refractivity contribution in [1.29, 1.82) is 0 Å². The van der Waals surface area contributed by atoms with Crippen molar-refractivity contribution in [3.05, 3.63) is 63.2 Å². The third-order valence-electron chi connectivity index (χ3n) is 19.2. The van der Waals surface area contributed by atoms with Crippen LogP contribution in [-0.4, -0.2) is 19.8 Å². The summed E-state index contributed by atoms with van der Waals surface area (Å²) in [5.74, 6) is 0.326. The zero-order chi connectivity index (χ0) is 59.8. The second kappa shape index (κ2) is 43.4. The van der Waals surface area contributed by atoms with Crippen LogP contribution in [0.2, 0.25) is 0 Å². The predicted octanol–water partition coefficient (Wildman–Crippen LogP) is 27.1. The first-order valence-electron chi connectivity index (χ1n) is 36.9. The monoisotopic (exact) mass is 1160 g/mol. The third kappa shape index (κ3) is 26.6. The Morgan fingerprint density at radius 1 is 0.305 bits per heavy atom. The van der Waals surface area contributed by atoms with Gasteiger partial charge in [0, 0.05) is 0 Å². The summed E-state index contributed by atoms with van der Waals surface area (Å²) >= 11 is 0. The molecule has 0 N–H and O–H groups in total. The first kappa shape index (κ1) is 75.0. The van der Waals surface area contributed by atoms with Gasteiger partial charge in [0.2, 0.25) is 0 Å². The van der Waals surface area contributed by atoms with E-state index in [0.29, 0.717) is 25.7 Å². The van der Waals surface area contributed by atoms with E-state index < -0.39 is 7.28 Å². The summed E-state index contributed by atoms with van der Waals surface area (Å²) in [5, 5.41) is 1.31. The summed E-state index contributed by atoms with van der Waals surface area (Å²) < 4.78 is 25.4. The van der Waals surface area contributed by atoms with Crippen LogP contribution in [0.5, 0.6) is 0 Å². The summed E-state index contributed by atoms with van der Waals surface area (Å²) in [5.41, 5.74) is 9.94. The van der Waals surface area contributed by atoms with Crippen LogP contribution in [0.4, 0.5) is 0 Å². The number of rotatable bonds is 52. The minimum Gasteiger partial charge on any atom is -0.0654 e. The fraction of sp³-hybridized carbons (Fsp3) is 0.846. The van der Waals surface area contributed by atoms with Crippen molar-refractivity contribution in [3.8, 4) is 0 Å². The topological polar surface area (TPSA) is 27.7 Å². The van der Waals surface area contributed by atoms with Crippen molar-refractivity contribution in [1.82, 2.24) is 0 Å². The maximum atomic E-state index is 8.46. The van der Waals surface area contributed by atoms with Gasteiger partial charge in [-0.15, -0.1) is 0 Å². The van der Waals surface area contributed by atoms with Gasteiger partial charge in [0.1, 0.15) is 0 Å². The zero-order valence-corrected chi connectivity index (χ0v) is 58.7. The molecule has 3 nitrogen and oxygen atoms in total. The molecule has 0 fully saturated rings. The summed E-state index contributed by atoms with van der Waals surface area (Å²) in [4.78, 5) is 0. The van der Waals surface area contributed by atoms with Crippen LogP contribution in [0.25, 0.3) is 0 Å². The van der Waals surface area contributed by atoms with Gasteiger partial charge in [0.15, 0.2) is 0 Å². The van der Waals surface area contributed by atoms with Gasteiger partial charge in [0.05, 0.1) is 0 Å². The van der Waals surface area contributed by atoms with E-state index in [2.05, 4.69) is 114 Å². The van der Waals surface area contributed by atoms with Crippen LogP contribution < -0.4 is 5.30 Å². The Balaban J connectivity index is 2.31. The maximum absolute atomic E-state index is 8.46. The summed E-state index contributed by atoms with van der Waals surface area (Å²) in [6, 6.07) is 10.8. The molecule has 6 rings (SSSR count). The molecule has 4 aliphatic heterocycles. The van der Waals surface area contributed by atoms with Crippen LogP contribution >= 0.6 is 7.28 Å². The molecule has 4 bridgehead atoms. The standard InChI is InChI=1S/C78H143O3P/c1-14-19-23-27-31-35-39-43-47-51-55-60-79-82(80-61-56-52-48-44-40-36-32-28-24-20-15-2,81-62-57-53-49-45-41-37-33-29-25-21-16-3)75(59-54-50-46-42-38-34-30-26-22-17-4)72-63-67(6)70(65-73(72)77(8,9)10)69(58-18-5)71-66-74(78(11,12)13)76(82)64-68(71)7/h63-66,69,75H,14-62H2,1-13H3. The summed E-state index contributed by atoms with van der Waals surface area (Å²) in [6.45, 7) is 33.6. The molecule has 2 unspecified atom stereocenters. The summed E-state index contributed by atoms with van der Waals surface area (Å²) in [7, 11) is -4.40. The number of hydrogen-bond acceptors (Lipinski definition) is 3. The molecule has 4 heteroatoms. The second-order valence-electron chi connectivity index (χ2n) is 28.9. The van der Waals surface area contributed by atoms with Crippen molar-refractivity contribution >= 4 is 12.6 Å². The van der Waals surface area contributed by atoms with Crippen molar-refractivity contribution in [2.24, 2.45) is 0 Å². The van der Waals surface area contributed by atoms with Crippen molar-refractivity contribution in [2.45, 2.75) is 408 Å². The van der Waals surface area contributed by atoms with E-state index in [0.717, 1.165) is 44.9 Å². The van der Waals surface area contributed by atoms with E-state index in [1.807, 2.05) is 0 Å². The Hall–Kier alpha value is -1.25. The average molecular weight is 1160 g/mol. The molecule has 0 saturated heterocycles. The van der Waals surface area contributed by atoms with Crippen LogP contribution in [0.3, 0.4) is 0 Å². The smallest absolute Gasteiger partial charge is 0.0654 e. The quantitative estimate of drug-likeness (QED) is 0.0488. The van der Waals surface area contributed by atoms with Crippen LogP contribution in [0, 0.1) is 13.8 Å². The molecule has 2 aromatic rings. The molecular weight excluding hydrogens is 1020 g/mol. The van der Waals surface area contributed by atoms with Crippen LogP contribution in [-0.2, 0) is 24.4 Å². The fourth-order valence-corrected chi connectivity index (χ4v) is 19.6. The molecule has 478 valence electrons. The van der Waals surface area contributed by atoms with E-state index in [9.17, 15) is 0 Å². The van der Waals surface area contributed by atoms with Gasteiger partial charge < -0.3 is 0 Å². The van der Waals surface area contributed by atoms with Crippen LogP contribution in [0.15, 0.2) is 24.3 Å². The molecule has 0 amide bonds. The fourth-order valence-electron chi connectivity index (χ4n) is 14.0. The van der Waals surface area contributed by atoms with E-state index in [-0.39, 0.29) is 16.5 Å². The molecule has 0 radical (unpaired) electrons. The average Bonchev–Trinajstić information content (AvgIpc) is 1.19. The first-order valence-corrected chi connectivity index (χ1v) is 39.0. The Morgan fingerprint density at radius 3 is 0.890 bits per heavy atom. The van der Waals surface area contributed by atoms with Gasteiger partial charge in [0.25, 0.3) is 0 Å². The van der Waals surface area contributed by atoms with Crippen molar-refractivity contribution in [3.63, 3.8) is 0 Å². The number of unbranched alkanes of at least 4 members (excludes halogenated alkanes) is 39. The van der Waals surface area contributed by atoms with Crippen molar-refractivity contribution < 1.29 is 13.6 Å². The number of benzene rings is 2. The predicted molar refractivity (Wildman–Crippen MR) is 370 cm³/mol. The second-order valence-corrected chi connectivity index (χ2v) is 32.7. The van der Waals surface area contributed by atoms with Crippen molar-refractivity contribution in [2.75, 3.05) is 19.8 Å². The third-order valence-corrected chi connectivity index (χ3v) is 24.0. The van der Waals surface area contributed by atoms with Crippen LogP contribution in [0.1, 0.15) is 422 Å². The van der Waals surface area contributed by atoms with Gasteiger partial charge in [-0.2, -0.15) is 0 Å². The molecule has 4 aliphatic rings. The van der Waals surface area contributed by atoms with Gasteiger partial charge in [-0.25, -0.2) is 0 Å². The minimum absolute atomic E-state index is 0.0378. The molecule has 0 saturated carbocycles. The van der Waals surface area contributed by atoms with Gasteiger partial charge in [-0.1, -0.05) is 47.0 Å². The van der Waals surface area contributed by atoms with Gasteiger partial charge >= 0.3 is 470 Å². The minimum atomic E-state index is -4.40. The molecule has 2 aromatic carbocycles. The van der Waals surface area contributed by atoms with Gasteiger partial charge in [-0.3, -0.25) is 0 Å². The molecule has 4 heterocycles. The Bertz CT molecular complexity index is 1810. The molecule has 0 aromatic heterocycles. The zero-order valence-electron chi connectivity index (χ0n) is 57.8. The number of aryl methyl sites for hydroxylation is 2. The Labute approximate surface area is 514 Å². The molecule has 82 heavy (non-hydrogen) atoms. The van der Waals surface area contributed by atoms with E-state index in [1.165, 1.54) is 295 Å². The molecule has 2 atom stereocenters. The van der Waals surface area contributed by atoms with E-state index in [1.54, 1.807) is 0 Å². The van der Waals surface area contributed by atoms with E-state index in [4.69, 9.17) is 13.6 Å². The Kier molecular flexibility index (Phi) is 39.7. The van der Waals surface area contributed by atoms with E-state index >= 15 is 0 Å². The first-order chi connectivity index (χ1) is 39.6. The normalized spacial score (nSPS) is 16.5. The SMILES string of the molecule is CCCCCCCCCCCCCOP1(OCCCCCCCCCCCCC)(OCCCCCCCCCCCCC)c2cc(C)c(cc2C(C)(C)C)C(CCC)c2cc(C(C)(C)C)c(cc2C)C1CCCCCCCCCCCC. The summed E-state index contributed by atoms with van der Waals surface area (Å²) in [6.07, 6.45) is 60.2. The molecular formula is C78H143O3P. The molecule has 0 aliphatic carbocycles. The molecule has 0 spiro atoms.